The Hall–Kier alpha value is -0.240. The lowest BCUT2D eigenvalue weighted by Crippen LogP contribution is -2.37. The Balaban J connectivity index is 1.98. The maximum absolute atomic E-state index is 6.28. The molecule has 0 radical (unpaired) electrons. The van der Waals surface area contributed by atoms with Gasteiger partial charge in [0.25, 0.3) is 0 Å². The Morgan fingerprint density at radius 1 is 1.21 bits per heavy atom. The Kier molecular flexibility index (Phi) is 4.81. The molecule has 1 N–H and O–H groups in total. The van der Waals surface area contributed by atoms with E-state index < -0.39 is 0 Å². The first-order chi connectivity index (χ1) is 8.89. The molecule has 1 aliphatic rings. The average Bonchev–Trinajstić information content (AvgIpc) is 2.35. The number of halogens is 2. The zero-order chi connectivity index (χ0) is 14.0. The molecule has 1 aromatic carbocycles. The van der Waals surface area contributed by atoms with Crippen molar-refractivity contribution in [3.05, 3.63) is 33.8 Å². The molecule has 1 atom stereocenters. The van der Waals surface area contributed by atoms with E-state index in [1.807, 2.05) is 12.1 Å². The molecule has 0 aliphatic heterocycles. The molecule has 19 heavy (non-hydrogen) atoms. The Morgan fingerprint density at radius 2 is 1.84 bits per heavy atom. The summed E-state index contributed by atoms with van der Waals surface area (Å²) in [4.78, 5) is 0. The zero-order valence-corrected chi connectivity index (χ0v) is 13.5. The van der Waals surface area contributed by atoms with Crippen LogP contribution in [0.5, 0.6) is 0 Å². The molecule has 3 heteroatoms. The summed E-state index contributed by atoms with van der Waals surface area (Å²) in [5, 5.41) is 5.02. The molecular weight excluding hydrogens is 277 g/mol. The van der Waals surface area contributed by atoms with Crippen molar-refractivity contribution in [2.45, 2.75) is 58.5 Å². The third-order valence-electron chi connectivity index (χ3n) is 4.27. The first kappa shape index (κ1) is 15.2. The third-order valence-corrected chi connectivity index (χ3v) is 5.11. The molecule has 1 unspecified atom stereocenters. The van der Waals surface area contributed by atoms with Crippen LogP contribution in [-0.2, 0) is 0 Å². The summed E-state index contributed by atoms with van der Waals surface area (Å²) in [6.07, 6.45) is 5.08. The smallest absolute Gasteiger partial charge is 0.0639 e. The van der Waals surface area contributed by atoms with Gasteiger partial charge < -0.3 is 5.32 Å². The average molecular weight is 300 g/mol. The lowest BCUT2D eigenvalue weighted by molar-refractivity contribution is 0.200. The summed E-state index contributed by atoms with van der Waals surface area (Å²) < 4.78 is 0. The largest absolute Gasteiger partial charge is 0.307 e. The second kappa shape index (κ2) is 6.03. The van der Waals surface area contributed by atoms with Crippen LogP contribution in [-0.4, -0.2) is 6.04 Å². The second-order valence-corrected chi connectivity index (χ2v) is 7.26. The minimum absolute atomic E-state index is 0.248. The fraction of sp³-hybridized carbons (Fsp3) is 0.625. The first-order valence-electron chi connectivity index (χ1n) is 7.09. The maximum Gasteiger partial charge on any atom is 0.0639 e. The van der Waals surface area contributed by atoms with E-state index in [1.165, 1.54) is 25.7 Å². The van der Waals surface area contributed by atoms with Gasteiger partial charge in [0.05, 0.1) is 10.0 Å². The summed E-state index contributed by atoms with van der Waals surface area (Å²) in [7, 11) is 0. The predicted molar refractivity (Wildman–Crippen MR) is 84.0 cm³/mol. The minimum Gasteiger partial charge on any atom is -0.307 e. The summed E-state index contributed by atoms with van der Waals surface area (Å²) in [6, 6.07) is 6.70. The summed E-state index contributed by atoms with van der Waals surface area (Å²) in [5.74, 6) is 0. The lowest BCUT2D eigenvalue weighted by Gasteiger charge is -2.36. The van der Waals surface area contributed by atoms with Crippen LogP contribution < -0.4 is 5.32 Å². The van der Waals surface area contributed by atoms with E-state index in [2.05, 4.69) is 32.2 Å². The molecule has 0 amide bonds. The normalized spacial score (nSPS) is 21.3. The molecule has 106 valence electrons. The van der Waals surface area contributed by atoms with Crippen molar-refractivity contribution in [3.8, 4) is 0 Å². The van der Waals surface area contributed by atoms with Crippen LogP contribution in [0.3, 0.4) is 0 Å². The van der Waals surface area contributed by atoms with Crippen LogP contribution in [0.1, 0.15) is 58.1 Å². The predicted octanol–water partition coefficient (Wildman–Crippen LogP) is 5.61. The molecule has 0 bridgehead atoms. The molecule has 0 aromatic heterocycles. The molecule has 1 aliphatic carbocycles. The van der Waals surface area contributed by atoms with Gasteiger partial charge in [0.2, 0.25) is 0 Å². The zero-order valence-electron chi connectivity index (χ0n) is 12.0. The number of benzene rings is 1. The van der Waals surface area contributed by atoms with Crippen LogP contribution in [0.2, 0.25) is 10.0 Å². The van der Waals surface area contributed by atoms with Gasteiger partial charge >= 0.3 is 0 Å². The highest BCUT2D eigenvalue weighted by atomic mass is 35.5. The molecule has 1 nitrogen and oxygen atoms in total. The number of hydrogen-bond donors (Lipinski definition) is 1. The van der Waals surface area contributed by atoms with Gasteiger partial charge in [0.15, 0.2) is 0 Å². The van der Waals surface area contributed by atoms with Crippen molar-refractivity contribution in [2.24, 2.45) is 5.41 Å². The SMILES string of the molecule is CC(NC1CCC(C)(C)CC1)c1cccc(Cl)c1Cl. The van der Waals surface area contributed by atoms with Crippen LogP contribution in [0, 0.1) is 5.41 Å². The van der Waals surface area contributed by atoms with Crippen molar-refractivity contribution >= 4 is 23.2 Å². The Morgan fingerprint density at radius 3 is 2.47 bits per heavy atom. The third kappa shape index (κ3) is 3.87. The standard InChI is InChI=1S/C16H23Cl2N/c1-11(13-5-4-6-14(17)15(13)18)19-12-7-9-16(2,3)10-8-12/h4-6,11-12,19H,7-10H2,1-3H3. The Bertz CT molecular complexity index is 432. The Labute approximate surface area is 126 Å². The lowest BCUT2D eigenvalue weighted by atomic mass is 9.75. The highest BCUT2D eigenvalue weighted by Gasteiger charge is 2.27. The van der Waals surface area contributed by atoms with E-state index >= 15 is 0 Å². The van der Waals surface area contributed by atoms with E-state index in [0.717, 1.165) is 5.56 Å². The number of nitrogens with one attached hydrogen (secondary N) is 1. The van der Waals surface area contributed by atoms with Gasteiger partial charge in [0.1, 0.15) is 0 Å². The van der Waals surface area contributed by atoms with Crippen molar-refractivity contribution in [3.63, 3.8) is 0 Å². The van der Waals surface area contributed by atoms with Gasteiger partial charge in [-0.05, 0) is 49.7 Å². The van der Waals surface area contributed by atoms with Gasteiger partial charge in [-0.25, -0.2) is 0 Å². The van der Waals surface area contributed by atoms with Gasteiger partial charge in [-0.2, -0.15) is 0 Å². The van der Waals surface area contributed by atoms with E-state index in [1.54, 1.807) is 0 Å². The summed E-state index contributed by atoms with van der Waals surface area (Å²) >= 11 is 12.4. The van der Waals surface area contributed by atoms with Gasteiger partial charge in [-0.3, -0.25) is 0 Å². The van der Waals surface area contributed by atoms with Crippen LogP contribution in [0.25, 0.3) is 0 Å². The molecule has 2 rings (SSSR count). The topological polar surface area (TPSA) is 12.0 Å². The molecule has 1 aromatic rings. The fourth-order valence-electron chi connectivity index (χ4n) is 2.86. The quantitative estimate of drug-likeness (QED) is 0.764. The number of hydrogen-bond acceptors (Lipinski definition) is 1. The fourth-order valence-corrected chi connectivity index (χ4v) is 3.34. The van der Waals surface area contributed by atoms with Gasteiger partial charge in [-0.1, -0.05) is 49.2 Å². The molecular formula is C16H23Cl2N. The second-order valence-electron chi connectivity index (χ2n) is 6.47. The summed E-state index contributed by atoms with van der Waals surface area (Å²) in [6.45, 7) is 6.89. The van der Waals surface area contributed by atoms with Crippen LogP contribution in [0.15, 0.2) is 18.2 Å². The molecule has 1 fully saturated rings. The van der Waals surface area contributed by atoms with E-state index in [-0.39, 0.29) is 6.04 Å². The molecule has 1 saturated carbocycles. The van der Waals surface area contributed by atoms with E-state index in [4.69, 9.17) is 23.2 Å². The number of rotatable bonds is 3. The first-order valence-corrected chi connectivity index (χ1v) is 7.84. The van der Waals surface area contributed by atoms with Gasteiger partial charge in [-0.15, -0.1) is 0 Å². The monoisotopic (exact) mass is 299 g/mol. The highest BCUT2D eigenvalue weighted by molar-refractivity contribution is 6.42. The van der Waals surface area contributed by atoms with Crippen LogP contribution >= 0.6 is 23.2 Å². The van der Waals surface area contributed by atoms with Gasteiger partial charge in [0, 0.05) is 12.1 Å². The minimum atomic E-state index is 0.248. The maximum atomic E-state index is 6.28. The van der Waals surface area contributed by atoms with Crippen molar-refractivity contribution in [1.29, 1.82) is 0 Å². The molecule has 0 heterocycles. The van der Waals surface area contributed by atoms with E-state index in [9.17, 15) is 0 Å². The highest BCUT2D eigenvalue weighted by Crippen LogP contribution is 2.36. The van der Waals surface area contributed by atoms with Crippen LogP contribution in [0.4, 0.5) is 0 Å². The summed E-state index contributed by atoms with van der Waals surface area (Å²) in [5.41, 5.74) is 1.61. The molecule has 0 saturated heterocycles. The molecule has 0 spiro atoms. The van der Waals surface area contributed by atoms with E-state index in [0.29, 0.717) is 21.5 Å². The van der Waals surface area contributed by atoms with Crippen molar-refractivity contribution in [1.82, 2.24) is 5.32 Å². The van der Waals surface area contributed by atoms with Crippen molar-refractivity contribution in [2.75, 3.05) is 0 Å². The van der Waals surface area contributed by atoms with Crippen molar-refractivity contribution < 1.29 is 0 Å².